The van der Waals surface area contributed by atoms with Crippen LogP contribution in [0.1, 0.15) is 31.7 Å². The fourth-order valence-corrected chi connectivity index (χ4v) is 1.33. The van der Waals surface area contributed by atoms with E-state index in [-0.39, 0.29) is 6.04 Å². The highest BCUT2D eigenvalue weighted by atomic mass is 16.5. The van der Waals surface area contributed by atoms with Crippen LogP contribution in [0.25, 0.3) is 11.4 Å². The molecule has 2 aromatic rings. The molecule has 2 heterocycles. The summed E-state index contributed by atoms with van der Waals surface area (Å²) in [7, 11) is 0. The summed E-state index contributed by atoms with van der Waals surface area (Å²) in [4.78, 5) is 4.21. The molecule has 1 atom stereocenters. The van der Waals surface area contributed by atoms with Gasteiger partial charge in [0.25, 0.3) is 0 Å². The molecule has 0 saturated heterocycles. The Morgan fingerprint density at radius 3 is 3.07 bits per heavy atom. The summed E-state index contributed by atoms with van der Waals surface area (Å²) >= 11 is 0. The summed E-state index contributed by atoms with van der Waals surface area (Å²) in [6.45, 7) is 2.06. The Morgan fingerprint density at radius 1 is 1.53 bits per heavy atom. The molecular weight excluding hydrogens is 194 g/mol. The van der Waals surface area contributed by atoms with Gasteiger partial charge in [0.15, 0.2) is 0 Å². The van der Waals surface area contributed by atoms with Crippen LogP contribution in [-0.2, 0) is 0 Å². The topological polar surface area (TPSA) is 78.1 Å². The molecule has 0 radical (unpaired) electrons. The van der Waals surface area contributed by atoms with E-state index in [0.29, 0.717) is 11.7 Å². The van der Waals surface area contributed by atoms with E-state index in [4.69, 9.17) is 14.7 Å². The maximum absolute atomic E-state index is 5.85. The average molecular weight is 207 g/mol. The third kappa shape index (κ3) is 2.07. The molecule has 1 unspecified atom stereocenters. The van der Waals surface area contributed by atoms with E-state index < -0.39 is 0 Å². The fourth-order valence-electron chi connectivity index (χ4n) is 1.33. The van der Waals surface area contributed by atoms with Crippen LogP contribution >= 0.6 is 0 Å². The Kier molecular flexibility index (Phi) is 2.82. The van der Waals surface area contributed by atoms with Crippen LogP contribution in [0.4, 0.5) is 0 Å². The first-order valence-electron chi connectivity index (χ1n) is 4.93. The Balaban J connectivity index is 2.17. The van der Waals surface area contributed by atoms with Crippen molar-refractivity contribution in [2.45, 2.75) is 25.8 Å². The van der Waals surface area contributed by atoms with Crippen molar-refractivity contribution in [2.75, 3.05) is 0 Å². The first-order chi connectivity index (χ1) is 7.31. The van der Waals surface area contributed by atoms with Gasteiger partial charge < -0.3 is 14.7 Å². The molecule has 0 aliphatic rings. The monoisotopic (exact) mass is 207 g/mol. The smallest absolute Gasteiger partial charge is 0.243 e. The van der Waals surface area contributed by atoms with Gasteiger partial charge in [-0.1, -0.05) is 18.5 Å². The molecule has 0 fully saturated rings. The van der Waals surface area contributed by atoms with Gasteiger partial charge in [0.05, 0.1) is 17.9 Å². The van der Waals surface area contributed by atoms with Crippen molar-refractivity contribution in [1.82, 2.24) is 10.1 Å². The molecule has 2 aromatic heterocycles. The maximum Gasteiger partial charge on any atom is 0.243 e. The SMILES string of the molecule is CCCC(N)c1nc(-c2ccoc2)no1. The van der Waals surface area contributed by atoms with Gasteiger partial charge in [0.1, 0.15) is 6.26 Å². The summed E-state index contributed by atoms with van der Waals surface area (Å²) in [6, 6.07) is 1.60. The standard InChI is InChI=1S/C10H13N3O2/c1-2-3-8(11)10-12-9(13-15-10)7-4-5-14-6-7/h4-6,8H,2-3,11H2,1H3. The molecule has 5 heteroatoms. The van der Waals surface area contributed by atoms with Gasteiger partial charge in [-0.3, -0.25) is 0 Å². The normalized spacial score (nSPS) is 12.9. The van der Waals surface area contributed by atoms with E-state index in [1.807, 2.05) is 0 Å². The largest absolute Gasteiger partial charge is 0.472 e. The number of nitrogens with zero attached hydrogens (tertiary/aromatic N) is 2. The van der Waals surface area contributed by atoms with Crippen molar-refractivity contribution in [3.8, 4) is 11.4 Å². The summed E-state index contributed by atoms with van der Waals surface area (Å²) < 4.78 is 10.0. The molecule has 5 nitrogen and oxygen atoms in total. The first-order valence-corrected chi connectivity index (χ1v) is 4.93. The Bertz CT molecular complexity index is 408. The van der Waals surface area contributed by atoms with Crippen LogP contribution in [0.2, 0.25) is 0 Å². The van der Waals surface area contributed by atoms with Crippen LogP contribution in [0.15, 0.2) is 27.5 Å². The van der Waals surface area contributed by atoms with E-state index in [2.05, 4.69) is 17.1 Å². The second-order valence-corrected chi connectivity index (χ2v) is 3.36. The second kappa shape index (κ2) is 4.27. The molecule has 2 N–H and O–H groups in total. The minimum atomic E-state index is -0.178. The number of aromatic nitrogens is 2. The van der Waals surface area contributed by atoms with Gasteiger partial charge in [0.2, 0.25) is 11.7 Å². The molecule has 15 heavy (non-hydrogen) atoms. The molecule has 2 rings (SSSR count). The Hall–Kier alpha value is -1.62. The molecular formula is C10H13N3O2. The number of hydrogen-bond acceptors (Lipinski definition) is 5. The Morgan fingerprint density at radius 2 is 2.40 bits per heavy atom. The van der Waals surface area contributed by atoms with E-state index >= 15 is 0 Å². The van der Waals surface area contributed by atoms with Crippen molar-refractivity contribution >= 4 is 0 Å². The molecule has 0 spiro atoms. The maximum atomic E-state index is 5.85. The summed E-state index contributed by atoms with van der Waals surface area (Å²) in [5, 5.41) is 3.84. The summed E-state index contributed by atoms with van der Waals surface area (Å²) in [5.74, 6) is 0.998. The molecule has 0 aliphatic heterocycles. The number of hydrogen-bond donors (Lipinski definition) is 1. The minimum Gasteiger partial charge on any atom is -0.472 e. The van der Waals surface area contributed by atoms with Crippen molar-refractivity contribution in [1.29, 1.82) is 0 Å². The predicted molar refractivity (Wildman–Crippen MR) is 53.8 cm³/mol. The van der Waals surface area contributed by atoms with Crippen LogP contribution in [-0.4, -0.2) is 10.1 Å². The molecule has 0 aliphatic carbocycles. The zero-order chi connectivity index (χ0) is 10.7. The minimum absolute atomic E-state index is 0.178. The van der Waals surface area contributed by atoms with Crippen LogP contribution in [0, 0.1) is 0 Å². The molecule has 0 saturated carbocycles. The van der Waals surface area contributed by atoms with Crippen LogP contribution in [0.3, 0.4) is 0 Å². The highest BCUT2D eigenvalue weighted by Crippen LogP contribution is 2.19. The van der Waals surface area contributed by atoms with Crippen molar-refractivity contribution in [3.63, 3.8) is 0 Å². The van der Waals surface area contributed by atoms with E-state index in [0.717, 1.165) is 18.4 Å². The van der Waals surface area contributed by atoms with Crippen LogP contribution < -0.4 is 5.73 Å². The Labute approximate surface area is 87.3 Å². The highest BCUT2D eigenvalue weighted by molar-refractivity contribution is 5.51. The van der Waals surface area contributed by atoms with Gasteiger partial charge in [-0.15, -0.1) is 0 Å². The van der Waals surface area contributed by atoms with Gasteiger partial charge in [-0.2, -0.15) is 4.98 Å². The highest BCUT2D eigenvalue weighted by Gasteiger charge is 2.15. The lowest BCUT2D eigenvalue weighted by Crippen LogP contribution is -2.09. The van der Waals surface area contributed by atoms with Gasteiger partial charge in [-0.05, 0) is 12.5 Å². The van der Waals surface area contributed by atoms with Crippen molar-refractivity contribution < 1.29 is 8.94 Å². The zero-order valence-corrected chi connectivity index (χ0v) is 8.51. The van der Waals surface area contributed by atoms with Gasteiger partial charge >= 0.3 is 0 Å². The second-order valence-electron chi connectivity index (χ2n) is 3.36. The number of furan rings is 1. The first kappa shape index (κ1) is 9.92. The number of rotatable bonds is 4. The van der Waals surface area contributed by atoms with Crippen LogP contribution in [0.5, 0.6) is 0 Å². The lowest BCUT2D eigenvalue weighted by atomic mass is 10.2. The molecule has 0 amide bonds. The quantitative estimate of drug-likeness (QED) is 0.830. The fraction of sp³-hybridized carbons (Fsp3) is 0.400. The molecule has 0 bridgehead atoms. The molecule has 80 valence electrons. The van der Waals surface area contributed by atoms with E-state index in [1.54, 1.807) is 18.6 Å². The summed E-state index contributed by atoms with van der Waals surface area (Å²) in [5.41, 5.74) is 6.65. The third-order valence-electron chi connectivity index (χ3n) is 2.14. The lowest BCUT2D eigenvalue weighted by Gasteiger charge is -2.01. The van der Waals surface area contributed by atoms with Crippen molar-refractivity contribution in [3.05, 3.63) is 24.5 Å². The predicted octanol–water partition coefficient (Wildman–Crippen LogP) is 2.13. The van der Waals surface area contributed by atoms with Gasteiger partial charge in [-0.25, -0.2) is 0 Å². The van der Waals surface area contributed by atoms with Gasteiger partial charge in [0, 0.05) is 0 Å². The van der Waals surface area contributed by atoms with Crippen molar-refractivity contribution in [2.24, 2.45) is 5.73 Å². The number of nitrogens with two attached hydrogens (primary N) is 1. The third-order valence-corrected chi connectivity index (χ3v) is 2.14. The van der Waals surface area contributed by atoms with E-state index in [9.17, 15) is 0 Å². The van der Waals surface area contributed by atoms with E-state index in [1.165, 1.54) is 0 Å². The lowest BCUT2D eigenvalue weighted by molar-refractivity contribution is 0.348. The average Bonchev–Trinajstić information content (AvgIpc) is 2.89. The summed E-state index contributed by atoms with van der Waals surface area (Å²) in [6.07, 6.45) is 4.97. The zero-order valence-electron chi connectivity index (χ0n) is 8.51. The molecule has 0 aromatic carbocycles.